The van der Waals surface area contributed by atoms with Gasteiger partial charge in [-0.15, -0.1) is 0 Å². The summed E-state index contributed by atoms with van der Waals surface area (Å²) in [5, 5.41) is 0. The average Bonchev–Trinajstić information content (AvgIpc) is 2.56. The first-order valence-corrected chi connectivity index (χ1v) is 10.6. The molecule has 1 unspecified atom stereocenters. The minimum absolute atomic E-state index is 0.0500. The quantitative estimate of drug-likeness (QED) is 0.185. The van der Waals surface area contributed by atoms with Crippen molar-refractivity contribution in [1.82, 2.24) is 0 Å². The highest BCUT2D eigenvalue weighted by molar-refractivity contribution is 5.58. The maximum atomic E-state index is 11.5. The first-order chi connectivity index (χ1) is 11.2. The van der Waals surface area contributed by atoms with Crippen molar-refractivity contribution in [3.8, 4) is 0 Å². The Morgan fingerprint density at radius 2 is 0.870 bits per heavy atom. The molecule has 0 rings (SSSR count). The third-order valence-corrected chi connectivity index (χ3v) is 5.24. The van der Waals surface area contributed by atoms with E-state index in [-0.39, 0.29) is 5.41 Å². The number of carbonyl (C=O) groups excluding carboxylic acids is 1. The Bertz CT molecular complexity index is 248. The zero-order valence-electron chi connectivity index (χ0n) is 16.5. The van der Waals surface area contributed by atoms with E-state index in [2.05, 4.69) is 20.8 Å². The summed E-state index contributed by atoms with van der Waals surface area (Å²) in [5.41, 5.74) is -0.0500. The Balaban J connectivity index is 3.54. The summed E-state index contributed by atoms with van der Waals surface area (Å²) < 4.78 is 0. The van der Waals surface area contributed by atoms with E-state index in [9.17, 15) is 4.79 Å². The van der Waals surface area contributed by atoms with Gasteiger partial charge in [-0.2, -0.15) is 0 Å². The normalized spacial score (nSPS) is 13.9. The second-order valence-corrected chi connectivity index (χ2v) is 7.87. The standard InChI is InChI=1S/C22H44O/c1-4-6-8-10-12-14-16-18-20-22(3,21-23)19-17-15-13-11-9-7-5-2/h21H,4-20H2,1-3H3. The Morgan fingerprint density at radius 3 is 1.17 bits per heavy atom. The molecule has 0 aliphatic rings. The highest BCUT2D eigenvalue weighted by Crippen LogP contribution is 2.29. The molecule has 0 fully saturated rings. The summed E-state index contributed by atoms with van der Waals surface area (Å²) in [5.74, 6) is 0. The van der Waals surface area contributed by atoms with E-state index >= 15 is 0 Å². The maximum Gasteiger partial charge on any atom is 0.125 e. The molecule has 0 aliphatic heterocycles. The summed E-state index contributed by atoms with van der Waals surface area (Å²) in [7, 11) is 0. The summed E-state index contributed by atoms with van der Waals surface area (Å²) in [6.07, 6.45) is 23.6. The first kappa shape index (κ1) is 22.7. The van der Waals surface area contributed by atoms with Crippen LogP contribution in [0.4, 0.5) is 0 Å². The molecule has 138 valence electrons. The van der Waals surface area contributed by atoms with E-state index in [4.69, 9.17) is 0 Å². The fourth-order valence-corrected chi connectivity index (χ4v) is 3.39. The van der Waals surface area contributed by atoms with E-state index in [1.807, 2.05) is 0 Å². The number of hydrogen-bond acceptors (Lipinski definition) is 1. The van der Waals surface area contributed by atoms with Crippen molar-refractivity contribution in [3.05, 3.63) is 0 Å². The fourth-order valence-electron chi connectivity index (χ4n) is 3.39. The molecule has 0 saturated carbocycles. The van der Waals surface area contributed by atoms with E-state index < -0.39 is 0 Å². The zero-order chi connectivity index (χ0) is 17.2. The van der Waals surface area contributed by atoms with Gasteiger partial charge in [-0.3, -0.25) is 0 Å². The Hall–Kier alpha value is -0.330. The number of hydrogen-bond donors (Lipinski definition) is 0. The van der Waals surface area contributed by atoms with Gasteiger partial charge in [0.1, 0.15) is 6.29 Å². The second kappa shape index (κ2) is 16.5. The average molecular weight is 325 g/mol. The molecule has 0 heterocycles. The summed E-state index contributed by atoms with van der Waals surface area (Å²) in [4.78, 5) is 11.5. The van der Waals surface area contributed by atoms with Gasteiger partial charge in [0.05, 0.1) is 0 Å². The van der Waals surface area contributed by atoms with Crippen LogP contribution in [0.25, 0.3) is 0 Å². The summed E-state index contributed by atoms with van der Waals surface area (Å²) >= 11 is 0. The molecular weight excluding hydrogens is 280 g/mol. The third-order valence-electron chi connectivity index (χ3n) is 5.24. The van der Waals surface area contributed by atoms with Crippen molar-refractivity contribution in [1.29, 1.82) is 0 Å². The summed E-state index contributed by atoms with van der Waals surface area (Å²) in [6, 6.07) is 0. The van der Waals surface area contributed by atoms with Crippen LogP contribution in [0.3, 0.4) is 0 Å². The molecule has 0 aliphatic carbocycles. The van der Waals surface area contributed by atoms with Crippen LogP contribution in [-0.2, 0) is 4.79 Å². The Morgan fingerprint density at radius 1 is 0.565 bits per heavy atom. The van der Waals surface area contributed by atoms with Crippen molar-refractivity contribution in [3.63, 3.8) is 0 Å². The van der Waals surface area contributed by atoms with Crippen LogP contribution in [0.5, 0.6) is 0 Å². The molecule has 0 bridgehead atoms. The molecule has 0 aromatic carbocycles. The van der Waals surface area contributed by atoms with Crippen LogP contribution in [0.1, 0.15) is 130 Å². The molecule has 0 N–H and O–H groups in total. The zero-order valence-corrected chi connectivity index (χ0v) is 16.5. The SMILES string of the molecule is CCCCCCCCCCC(C)(C=O)CCCCCCCCC. The van der Waals surface area contributed by atoms with E-state index in [1.165, 1.54) is 103 Å². The Kier molecular flexibility index (Phi) is 16.3. The third kappa shape index (κ3) is 15.0. The van der Waals surface area contributed by atoms with Gasteiger partial charge >= 0.3 is 0 Å². The minimum atomic E-state index is -0.0500. The summed E-state index contributed by atoms with van der Waals surface area (Å²) in [6.45, 7) is 6.71. The largest absolute Gasteiger partial charge is 0.303 e. The predicted octanol–water partition coefficient (Wildman–Crippen LogP) is 7.86. The lowest BCUT2D eigenvalue weighted by molar-refractivity contribution is -0.116. The van der Waals surface area contributed by atoms with Crippen LogP contribution in [0.2, 0.25) is 0 Å². The molecule has 0 amide bonds. The van der Waals surface area contributed by atoms with Crippen molar-refractivity contribution in [2.24, 2.45) is 5.41 Å². The molecule has 0 saturated heterocycles. The number of unbranched alkanes of at least 4 members (excludes halogenated alkanes) is 13. The van der Waals surface area contributed by atoms with Gasteiger partial charge < -0.3 is 4.79 Å². The predicted molar refractivity (Wildman–Crippen MR) is 104 cm³/mol. The molecule has 1 atom stereocenters. The van der Waals surface area contributed by atoms with Gasteiger partial charge in [0.25, 0.3) is 0 Å². The van der Waals surface area contributed by atoms with Gasteiger partial charge in [-0.25, -0.2) is 0 Å². The van der Waals surface area contributed by atoms with Crippen LogP contribution in [0.15, 0.2) is 0 Å². The van der Waals surface area contributed by atoms with Crippen LogP contribution in [-0.4, -0.2) is 6.29 Å². The lowest BCUT2D eigenvalue weighted by atomic mass is 9.81. The number of carbonyl (C=O) groups is 1. The molecule has 0 aromatic rings. The van der Waals surface area contributed by atoms with Gasteiger partial charge in [0, 0.05) is 5.41 Å². The maximum absolute atomic E-state index is 11.5. The number of aldehydes is 1. The number of rotatable bonds is 18. The molecular formula is C22H44O. The van der Waals surface area contributed by atoms with Crippen LogP contribution >= 0.6 is 0 Å². The molecule has 1 nitrogen and oxygen atoms in total. The van der Waals surface area contributed by atoms with E-state index in [0.717, 1.165) is 12.8 Å². The van der Waals surface area contributed by atoms with E-state index in [1.54, 1.807) is 0 Å². The van der Waals surface area contributed by atoms with E-state index in [0.29, 0.717) is 0 Å². The van der Waals surface area contributed by atoms with Crippen molar-refractivity contribution >= 4 is 6.29 Å². The van der Waals surface area contributed by atoms with Crippen molar-refractivity contribution in [2.45, 2.75) is 130 Å². The first-order valence-electron chi connectivity index (χ1n) is 10.6. The van der Waals surface area contributed by atoms with Crippen molar-refractivity contribution in [2.75, 3.05) is 0 Å². The highest BCUT2D eigenvalue weighted by Gasteiger charge is 2.22. The minimum Gasteiger partial charge on any atom is -0.303 e. The molecule has 23 heavy (non-hydrogen) atoms. The van der Waals surface area contributed by atoms with Crippen molar-refractivity contribution < 1.29 is 4.79 Å². The van der Waals surface area contributed by atoms with Crippen LogP contribution < -0.4 is 0 Å². The van der Waals surface area contributed by atoms with Crippen LogP contribution in [0, 0.1) is 5.41 Å². The second-order valence-electron chi connectivity index (χ2n) is 7.87. The fraction of sp³-hybridized carbons (Fsp3) is 0.955. The molecule has 0 spiro atoms. The molecule has 0 aromatic heterocycles. The highest BCUT2D eigenvalue weighted by atomic mass is 16.1. The lowest BCUT2D eigenvalue weighted by Crippen LogP contribution is -2.18. The smallest absolute Gasteiger partial charge is 0.125 e. The van der Waals surface area contributed by atoms with Gasteiger partial charge in [0.15, 0.2) is 0 Å². The van der Waals surface area contributed by atoms with Gasteiger partial charge in [-0.1, -0.05) is 117 Å². The van der Waals surface area contributed by atoms with Gasteiger partial charge in [-0.05, 0) is 12.8 Å². The molecule has 1 heteroatoms. The Labute approximate surface area is 147 Å². The topological polar surface area (TPSA) is 17.1 Å². The van der Waals surface area contributed by atoms with Gasteiger partial charge in [0.2, 0.25) is 0 Å². The molecule has 0 radical (unpaired) electrons. The monoisotopic (exact) mass is 324 g/mol. The lowest BCUT2D eigenvalue weighted by Gasteiger charge is -2.23.